The molecule has 0 saturated carbocycles. The third-order valence-corrected chi connectivity index (χ3v) is 1.98. The third kappa shape index (κ3) is 1.83. The maximum absolute atomic E-state index is 3.75. The molecule has 1 saturated heterocycles. The fourth-order valence-electron chi connectivity index (χ4n) is 1.22. The lowest BCUT2D eigenvalue weighted by Crippen LogP contribution is -2.36. The molecule has 52 valence electrons. The third-order valence-electron chi connectivity index (χ3n) is 1.98. The standard InChI is InChI=1S/C8H15N/c1-3-8-5-4-7(2)6-9-8/h3,7-9H,1,4-6H2,2H3/t7-,8-/m0/s1. The molecule has 1 fully saturated rings. The van der Waals surface area contributed by atoms with Crippen LogP contribution in [0.25, 0.3) is 0 Å². The number of rotatable bonds is 1. The summed E-state index contributed by atoms with van der Waals surface area (Å²) in [7, 11) is 0. The minimum atomic E-state index is 0.584. The minimum absolute atomic E-state index is 0.584. The molecule has 0 aromatic heterocycles. The Labute approximate surface area is 57.1 Å². The molecule has 0 spiro atoms. The fourth-order valence-corrected chi connectivity index (χ4v) is 1.22. The van der Waals surface area contributed by atoms with Crippen molar-refractivity contribution in [2.24, 2.45) is 5.92 Å². The van der Waals surface area contributed by atoms with Crippen molar-refractivity contribution in [3.8, 4) is 0 Å². The van der Waals surface area contributed by atoms with Crippen molar-refractivity contribution in [1.82, 2.24) is 5.32 Å². The van der Waals surface area contributed by atoms with Crippen molar-refractivity contribution in [3.63, 3.8) is 0 Å². The maximum atomic E-state index is 3.75. The molecule has 0 amide bonds. The van der Waals surface area contributed by atoms with Gasteiger partial charge in [0, 0.05) is 6.04 Å². The van der Waals surface area contributed by atoms with Crippen LogP contribution in [0.1, 0.15) is 19.8 Å². The van der Waals surface area contributed by atoms with Crippen LogP contribution in [0, 0.1) is 5.92 Å². The Bertz CT molecular complexity index is 90.7. The zero-order chi connectivity index (χ0) is 6.69. The summed E-state index contributed by atoms with van der Waals surface area (Å²) in [5, 5.41) is 3.40. The first-order chi connectivity index (χ1) is 4.33. The van der Waals surface area contributed by atoms with E-state index in [4.69, 9.17) is 0 Å². The van der Waals surface area contributed by atoms with E-state index in [1.165, 1.54) is 12.8 Å². The van der Waals surface area contributed by atoms with E-state index >= 15 is 0 Å². The first-order valence-corrected chi connectivity index (χ1v) is 3.69. The molecule has 0 aromatic carbocycles. The molecule has 1 nitrogen and oxygen atoms in total. The first-order valence-electron chi connectivity index (χ1n) is 3.69. The van der Waals surface area contributed by atoms with Gasteiger partial charge in [0.15, 0.2) is 0 Å². The van der Waals surface area contributed by atoms with E-state index in [9.17, 15) is 0 Å². The second-order valence-corrected chi connectivity index (χ2v) is 2.93. The summed E-state index contributed by atoms with van der Waals surface area (Å²) >= 11 is 0. The molecular formula is C8H15N. The zero-order valence-corrected chi connectivity index (χ0v) is 6.06. The van der Waals surface area contributed by atoms with Crippen LogP contribution >= 0.6 is 0 Å². The highest BCUT2D eigenvalue weighted by Crippen LogP contribution is 2.12. The molecule has 0 bridgehead atoms. The number of piperidine rings is 1. The van der Waals surface area contributed by atoms with Crippen LogP contribution in [0.15, 0.2) is 12.7 Å². The predicted molar refractivity (Wildman–Crippen MR) is 40.4 cm³/mol. The molecule has 1 aliphatic rings. The van der Waals surface area contributed by atoms with Gasteiger partial charge in [-0.15, -0.1) is 6.58 Å². The lowest BCUT2D eigenvalue weighted by molar-refractivity contribution is 0.362. The fraction of sp³-hybridized carbons (Fsp3) is 0.750. The lowest BCUT2D eigenvalue weighted by Gasteiger charge is -2.24. The van der Waals surface area contributed by atoms with Crippen LogP contribution in [-0.4, -0.2) is 12.6 Å². The van der Waals surface area contributed by atoms with E-state index in [0.717, 1.165) is 12.5 Å². The summed E-state index contributed by atoms with van der Waals surface area (Å²) in [5.74, 6) is 0.862. The van der Waals surface area contributed by atoms with Gasteiger partial charge >= 0.3 is 0 Å². The van der Waals surface area contributed by atoms with Crippen molar-refractivity contribution in [2.45, 2.75) is 25.8 Å². The lowest BCUT2D eigenvalue weighted by atomic mass is 9.97. The van der Waals surface area contributed by atoms with Gasteiger partial charge in [0.05, 0.1) is 0 Å². The zero-order valence-electron chi connectivity index (χ0n) is 6.06. The van der Waals surface area contributed by atoms with Crippen molar-refractivity contribution < 1.29 is 0 Å². The van der Waals surface area contributed by atoms with Gasteiger partial charge in [-0.3, -0.25) is 0 Å². The Kier molecular flexibility index (Phi) is 2.29. The van der Waals surface area contributed by atoms with Gasteiger partial charge < -0.3 is 5.32 Å². The van der Waals surface area contributed by atoms with Crippen molar-refractivity contribution >= 4 is 0 Å². The van der Waals surface area contributed by atoms with Gasteiger partial charge in [0.25, 0.3) is 0 Å². The molecule has 0 aromatic rings. The SMILES string of the molecule is C=C[C@H]1CC[C@H](C)CN1. The molecule has 2 atom stereocenters. The molecule has 1 heterocycles. The summed E-state index contributed by atoms with van der Waals surface area (Å²) in [6.07, 6.45) is 4.63. The Morgan fingerprint density at radius 3 is 2.78 bits per heavy atom. The maximum Gasteiger partial charge on any atom is 0.0247 e. The Morgan fingerprint density at radius 1 is 1.56 bits per heavy atom. The van der Waals surface area contributed by atoms with Crippen LogP contribution in [-0.2, 0) is 0 Å². The summed E-state index contributed by atoms with van der Waals surface area (Å²) in [5.41, 5.74) is 0. The van der Waals surface area contributed by atoms with E-state index in [2.05, 4.69) is 18.8 Å². The second-order valence-electron chi connectivity index (χ2n) is 2.93. The monoisotopic (exact) mass is 125 g/mol. The average molecular weight is 125 g/mol. The Hall–Kier alpha value is -0.300. The minimum Gasteiger partial charge on any atom is -0.310 e. The summed E-state index contributed by atoms with van der Waals surface area (Å²) in [6.45, 7) is 7.19. The van der Waals surface area contributed by atoms with E-state index in [1.807, 2.05) is 6.08 Å². The van der Waals surface area contributed by atoms with Crippen LogP contribution in [0.3, 0.4) is 0 Å². The van der Waals surface area contributed by atoms with Gasteiger partial charge in [0.1, 0.15) is 0 Å². The molecule has 0 aliphatic carbocycles. The van der Waals surface area contributed by atoms with Gasteiger partial charge in [0.2, 0.25) is 0 Å². The normalized spacial score (nSPS) is 36.1. The first kappa shape index (κ1) is 6.81. The second kappa shape index (κ2) is 3.02. The van der Waals surface area contributed by atoms with Crippen LogP contribution in [0.4, 0.5) is 0 Å². The van der Waals surface area contributed by atoms with Crippen molar-refractivity contribution in [1.29, 1.82) is 0 Å². The molecule has 0 unspecified atom stereocenters. The topological polar surface area (TPSA) is 12.0 Å². The van der Waals surface area contributed by atoms with E-state index in [-0.39, 0.29) is 0 Å². The van der Waals surface area contributed by atoms with Gasteiger partial charge in [-0.1, -0.05) is 13.0 Å². The molecule has 1 N–H and O–H groups in total. The highest BCUT2D eigenvalue weighted by molar-refractivity contribution is 4.88. The molecule has 1 rings (SSSR count). The van der Waals surface area contributed by atoms with E-state index in [1.54, 1.807) is 0 Å². The number of hydrogen-bond acceptors (Lipinski definition) is 1. The molecule has 1 aliphatic heterocycles. The molecule has 9 heavy (non-hydrogen) atoms. The quantitative estimate of drug-likeness (QED) is 0.524. The Morgan fingerprint density at radius 2 is 2.33 bits per heavy atom. The van der Waals surface area contributed by atoms with Crippen LogP contribution < -0.4 is 5.32 Å². The average Bonchev–Trinajstić information content (AvgIpc) is 1.90. The largest absolute Gasteiger partial charge is 0.310 e. The number of nitrogens with one attached hydrogen (secondary N) is 1. The van der Waals surface area contributed by atoms with Crippen molar-refractivity contribution in [2.75, 3.05) is 6.54 Å². The summed E-state index contributed by atoms with van der Waals surface area (Å²) in [6, 6.07) is 0.584. The van der Waals surface area contributed by atoms with Crippen LogP contribution in [0.5, 0.6) is 0 Å². The molecule has 0 radical (unpaired) electrons. The predicted octanol–water partition coefficient (Wildman–Crippen LogP) is 1.56. The van der Waals surface area contributed by atoms with Crippen molar-refractivity contribution in [3.05, 3.63) is 12.7 Å². The highest BCUT2D eigenvalue weighted by atomic mass is 14.9. The van der Waals surface area contributed by atoms with Gasteiger partial charge in [-0.25, -0.2) is 0 Å². The van der Waals surface area contributed by atoms with Crippen LogP contribution in [0.2, 0.25) is 0 Å². The van der Waals surface area contributed by atoms with Gasteiger partial charge in [-0.05, 0) is 25.3 Å². The summed E-state index contributed by atoms with van der Waals surface area (Å²) < 4.78 is 0. The van der Waals surface area contributed by atoms with E-state index < -0.39 is 0 Å². The molecule has 1 heteroatoms. The summed E-state index contributed by atoms with van der Waals surface area (Å²) in [4.78, 5) is 0. The molecular weight excluding hydrogens is 110 g/mol. The number of hydrogen-bond donors (Lipinski definition) is 1. The van der Waals surface area contributed by atoms with E-state index in [0.29, 0.717) is 6.04 Å². The smallest absolute Gasteiger partial charge is 0.0247 e. The Balaban J connectivity index is 2.26. The highest BCUT2D eigenvalue weighted by Gasteiger charge is 2.13. The van der Waals surface area contributed by atoms with Gasteiger partial charge in [-0.2, -0.15) is 0 Å².